The molecule has 3 aromatic carbocycles. The molecule has 1 heterocycles. The largest absolute Gasteiger partial charge is 0.363 e. The molecule has 4 rings (SSSR count). The molecule has 0 unspecified atom stereocenters. The molecule has 1 N–H and O–H groups in total. The Bertz CT molecular complexity index is 1120. The first-order valence-corrected chi connectivity index (χ1v) is 9.53. The zero-order valence-electron chi connectivity index (χ0n) is 16.4. The van der Waals surface area contributed by atoms with E-state index in [0.29, 0.717) is 0 Å². The van der Waals surface area contributed by atoms with Crippen molar-refractivity contribution >= 4 is 23.0 Å². The monoisotopic (exact) mass is 418 g/mol. The quantitative estimate of drug-likeness (QED) is 0.478. The predicted molar refractivity (Wildman–Crippen MR) is 114 cm³/mol. The smallest absolute Gasteiger partial charge is 0.277 e. The topological polar surface area (TPSA) is 119 Å². The summed E-state index contributed by atoms with van der Waals surface area (Å²) >= 11 is 0. The molecular weight excluding hydrogens is 400 g/mol. The summed E-state index contributed by atoms with van der Waals surface area (Å²) in [6, 6.07) is 18.9. The van der Waals surface area contributed by atoms with Gasteiger partial charge < -0.3 is 10.2 Å². The molecule has 0 aromatic heterocycles. The molecular formula is C22H18N4O5. The number of non-ortho nitro benzene ring substituents is 2. The van der Waals surface area contributed by atoms with Crippen molar-refractivity contribution in [3.05, 3.63) is 109 Å². The number of amides is 1. The summed E-state index contributed by atoms with van der Waals surface area (Å²) in [5.74, 6) is -0.620. The number of carbonyl (C=O) groups excluding carboxylic acids is 1. The van der Waals surface area contributed by atoms with Crippen molar-refractivity contribution in [2.75, 3.05) is 4.90 Å². The molecule has 31 heavy (non-hydrogen) atoms. The van der Waals surface area contributed by atoms with Crippen LogP contribution in [0, 0.1) is 20.2 Å². The van der Waals surface area contributed by atoms with Crippen LogP contribution in [-0.2, 0) is 19.6 Å². The minimum absolute atomic E-state index is 0.132. The number of rotatable bonds is 6. The number of carbonyl (C=O) groups is 1. The van der Waals surface area contributed by atoms with Gasteiger partial charge in [0.15, 0.2) is 0 Å². The van der Waals surface area contributed by atoms with Crippen LogP contribution in [0.25, 0.3) is 0 Å². The Labute approximate surface area is 177 Å². The number of anilines is 1. The number of nitro groups is 2. The van der Waals surface area contributed by atoms with Crippen molar-refractivity contribution in [1.29, 1.82) is 0 Å². The van der Waals surface area contributed by atoms with Crippen molar-refractivity contribution in [3.63, 3.8) is 0 Å². The molecule has 1 aliphatic rings. The summed E-state index contributed by atoms with van der Waals surface area (Å²) in [6.45, 7) is 1.88. The van der Waals surface area contributed by atoms with Crippen LogP contribution < -0.4 is 10.2 Å². The van der Waals surface area contributed by atoms with Crippen LogP contribution in [-0.4, -0.2) is 15.8 Å². The second kappa shape index (κ2) is 8.23. The molecule has 0 aliphatic carbocycles. The number of benzene rings is 3. The summed E-state index contributed by atoms with van der Waals surface area (Å²) in [6.07, 6.45) is 0. The van der Waals surface area contributed by atoms with Gasteiger partial charge in [0.1, 0.15) is 0 Å². The number of hydrogen-bond donors (Lipinski definition) is 1. The predicted octanol–water partition coefficient (Wildman–Crippen LogP) is 3.95. The average Bonchev–Trinajstić information content (AvgIpc) is 3.21. The van der Waals surface area contributed by atoms with Gasteiger partial charge in [-0.15, -0.1) is 0 Å². The molecule has 9 heteroatoms. The molecule has 1 aliphatic heterocycles. The Kier molecular flexibility index (Phi) is 5.31. The fraction of sp³-hybridized carbons (Fsp3) is 0.136. The van der Waals surface area contributed by atoms with Gasteiger partial charge in [-0.3, -0.25) is 25.0 Å². The van der Waals surface area contributed by atoms with E-state index >= 15 is 0 Å². The van der Waals surface area contributed by atoms with Gasteiger partial charge in [0, 0.05) is 37.5 Å². The van der Waals surface area contributed by atoms with E-state index in [1.807, 2.05) is 36.4 Å². The van der Waals surface area contributed by atoms with Gasteiger partial charge in [0.2, 0.25) is 0 Å². The first kappa shape index (κ1) is 20.0. The third kappa shape index (κ3) is 4.35. The van der Waals surface area contributed by atoms with Crippen LogP contribution in [0.15, 0.2) is 66.7 Å². The van der Waals surface area contributed by atoms with E-state index in [0.717, 1.165) is 42.5 Å². The maximum atomic E-state index is 12.4. The van der Waals surface area contributed by atoms with Gasteiger partial charge in [0.25, 0.3) is 17.3 Å². The Morgan fingerprint density at radius 1 is 0.871 bits per heavy atom. The van der Waals surface area contributed by atoms with Crippen molar-refractivity contribution < 1.29 is 14.6 Å². The number of nitro benzene ring substituents is 2. The Morgan fingerprint density at radius 2 is 1.42 bits per heavy atom. The van der Waals surface area contributed by atoms with Crippen LogP contribution >= 0.6 is 0 Å². The molecule has 0 spiro atoms. The van der Waals surface area contributed by atoms with Crippen LogP contribution in [0.4, 0.5) is 17.1 Å². The molecule has 9 nitrogen and oxygen atoms in total. The maximum absolute atomic E-state index is 12.4. The van der Waals surface area contributed by atoms with Crippen LogP contribution in [0.2, 0.25) is 0 Å². The molecule has 1 amide bonds. The molecule has 0 atom stereocenters. The zero-order valence-corrected chi connectivity index (χ0v) is 16.4. The third-order valence-electron chi connectivity index (χ3n) is 5.18. The molecule has 3 aromatic rings. The van der Waals surface area contributed by atoms with E-state index in [4.69, 9.17) is 0 Å². The molecule has 0 saturated carbocycles. The van der Waals surface area contributed by atoms with E-state index in [-0.39, 0.29) is 12.1 Å². The SMILES string of the molecule is O=C(NCc1ccc(N2Cc3ccccc3C2)cc1)c1cc([N+](=O)[O-])cc([N+](=O)[O-])c1. The van der Waals surface area contributed by atoms with Crippen molar-refractivity contribution in [1.82, 2.24) is 5.32 Å². The van der Waals surface area contributed by atoms with E-state index in [1.165, 1.54) is 11.1 Å². The Hall–Kier alpha value is -4.27. The van der Waals surface area contributed by atoms with Gasteiger partial charge in [-0.05, 0) is 28.8 Å². The number of fused-ring (bicyclic) bond motifs is 1. The summed E-state index contributed by atoms with van der Waals surface area (Å²) in [4.78, 5) is 35.1. The summed E-state index contributed by atoms with van der Waals surface area (Å²) in [7, 11) is 0. The van der Waals surface area contributed by atoms with Gasteiger partial charge in [0.05, 0.1) is 21.5 Å². The first-order valence-electron chi connectivity index (χ1n) is 9.53. The van der Waals surface area contributed by atoms with Crippen LogP contribution in [0.1, 0.15) is 27.0 Å². The second-order valence-corrected chi connectivity index (χ2v) is 7.23. The fourth-order valence-electron chi connectivity index (χ4n) is 3.56. The lowest BCUT2D eigenvalue weighted by molar-refractivity contribution is -0.394. The van der Waals surface area contributed by atoms with E-state index in [9.17, 15) is 25.0 Å². The highest BCUT2D eigenvalue weighted by Gasteiger charge is 2.20. The highest BCUT2D eigenvalue weighted by molar-refractivity contribution is 5.95. The lowest BCUT2D eigenvalue weighted by Gasteiger charge is -2.18. The summed E-state index contributed by atoms with van der Waals surface area (Å²) in [5, 5.41) is 24.6. The Balaban J connectivity index is 1.41. The van der Waals surface area contributed by atoms with Gasteiger partial charge in [-0.1, -0.05) is 36.4 Å². The highest BCUT2D eigenvalue weighted by atomic mass is 16.6. The zero-order chi connectivity index (χ0) is 22.0. The normalized spacial score (nSPS) is 12.3. The maximum Gasteiger partial charge on any atom is 0.277 e. The number of nitrogens with zero attached hydrogens (tertiary/aromatic N) is 3. The van der Waals surface area contributed by atoms with Gasteiger partial charge in [-0.25, -0.2) is 0 Å². The lowest BCUT2D eigenvalue weighted by atomic mass is 10.1. The van der Waals surface area contributed by atoms with E-state index < -0.39 is 27.1 Å². The third-order valence-corrected chi connectivity index (χ3v) is 5.18. The highest BCUT2D eigenvalue weighted by Crippen LogP contribution is 2.28. The first-order chi connectivity index (χ1) is 14.9. The minimum atomic E-state index is -0.765. The van der Waals surface area contributed by atoms with E-state index in [2.05, 4.69) is 22.3 Å². The molecule has 0 fully saturated rings. The van der Waals surface area contributed by atoms with E-state index in [1.54, 1.807) is 0 Å². The van der Waals surface area contributed by atoms with Gasteiger partial charge >= 0.3 is 0 Å². The molecule has 156 valence electrons. The lowest BCUT2D eigenvalue weighted by Crippen LogP contribution is -2.23. The van der Waals surface area contributed by atoms with Crippen LogP contribution in [0.5, 0.6) is 0 Å². The number of nitrogens with one attached hydrogen (secondary N) is 1. The molecule has 0 bridgehead atoms. The van der Waals surface area contributed by atoms with Gasteiger partial charge in [-0.2, -0.15) is 0 Å². The standard InChI is InChI=1S/C22H18N4O5/c27-22(18-9-20(25(28)29)11-21(10-18)26(30)31)23-12-15-5-7-19(8-6-15)24-13-16-3-1-2-4-17(16)14-24/h1-11H,12-14H2,(H,23,27). The molecule has 0 saturated heterocycles. The summed E-state index contributed by atoms with van der Waals surface area (Å²) in [5.41, 5.74) is 3.39. The fourth-order valence-corrected chi connectivity index (χ4v) is 3.56. The minimum Gasteiger partial charge on any atom is -0.363 e. The second-order valence-electron chi connectivity index (χ2n) is 7.23. The van der Waals surface area contributed by atoms with Crippen LogP contribution in [0.3, 0.4) is 0 Å². The average molecular weight is 418 g/mol. The summed E-state index contributed by atoms with van der Waals surface area (Å²) < 4.78 is 0. The Morgan fingerprint density at radius 3 is 1.94 bits per heavy atom. The van der Waals surface area contributed by atoms with Crippen molar-refractivity contribution in [2.24, 2.45) is 0 Å². The number of hydrogen-bond acceptors (Lipinski definition) is 6. The molecule has 0 radical (unpaired) electrons. The van der Waals surface area contributed by atoms with Crippen molar-refractivity contribution in [2.45, 2.75) is 19.6 Å². The van der Waals surface area contributed by atoms with Crippen molar-refractivity contribution in [3.8, 4) is 0 Å².